The minimum atomic E-state index is 0.613. The van der Waals surface area contributed by atoms with Crippen LogP contribution in [0.1, 0.15) is 57.1 Å². The number of halogens is 1. The molecule has 0 aliphatic heterocycles. The van der Waals surface area contributed by atoms with Gasteiger partial charge in [-0.2, -0.15) is 0 Å². The van der Waals surface area contributed by atoms with Crippen molar-refractivity contribution in [3.63, 3.8) is 0 Å². The Bertz CT molecular complexity index is 310. The van der Waals surface area contributed by atoms with Crippen molar-refractivity contribution in [1.29, 1.82) is 0 Å². The van der Waals surface area contributed by atoms with Crippen molar-refractivity contribution in [2.45, 2.75) is 52.9 Å². The molecule has 2 atom stereocenters. The fraction of sp³-hybridized carbons (Fsp3) is 0.600. The molecule has 1 heteroatoms. The van der Waals surface area contributed by atoms with Crippen molar-refractivity contribution in [3.05, 3.63) is 34.3 Å². The van der Waals surface area contributed by atoms with Gasteiger partial charge in [0, 0.05) is 5.02 Å². The third-order valence-electron chi connectivity index (χ3n) is 3.48. The molecule has 0 fully saturated rings. The molecule has 0 radical (unpaired) electrons. The van der Waals surface area contributed by atoms with E-state index in [1.165, 1.54) is 30.4 Å². The lowest BCUT2D eigenvalue weighted by molar-refractivity contribution is 0.398. The first kappa shape index (κ1) is 13.6. The van der Waals surface area contributed by atoms with Gasteiger partial charge < -0.3 is 0 Å². The first-order chi connectivity index (χ1) is 7.58. The standard InChI is InChI=1S/C15H23Cl/c1-5-7-13(6-2)12(4)14-8-11(3)9-15(16)10-14/h8-10,12-13H,5-7H2,1-4H3. The summed E-state index contributed by atoms with van der Waals surface area (Å²) in [5.74, 6) is 1.39. The highest BCUT2D eigenvalue weighted by atomic mass is 35.5. The molecule has 0 amide bonds. The summed E-state index contributed by atoms with van der Waals surface area (Å²) in [6.07, 6.45) is 3.83. The van der Waals surface area contributed by atoms with Gasteiger partial charge in [-0.3, -0.25) is 0 Å². The van der Waals surface area contributed by atoms with Gasteiger partial charge in [0.05, 0.1) is 0 Å². The SMILES string of the molecule is CCCC(CC)C(C)c1cc(C)cc(Cl)c1. The number of hydrogen-bond donors (Lipinski definition) is 0. The number of hydrogen-bond acceptors (Lipinski definition) is 0. The maximum atomic E-state index is 6.12. The average molecular weight is 239 g/mol. The third-order valence-corrected chi connectivity index (χ3v) is 3.70. The summed E-state index contributed by atoms with van der Waals surface area (Å²) >= 11 is 6.12. The van der Waals surface area contributed by atoms with Crippen LogP contribution < -0.4 is 0 Å². The summed E-state index contributed by atoms with van der Waals surface area (Å²) in [6.45, 7) is 8.99. The highest BCUT2D eigenvalue weighted by molar-refractivity contribution is 6.30. The normalized spacial score (nSPS) is 14.8. The van der Waals surface area contributed by atoms with Crippen LogP contribution in [0.15, 0.2) is 18.2 Å². The van der Waals surface area contributed by atoms with Crippen LogP contribution in [0.5, 0.6) is 0 Å². The van der Waals surface area contributed by atoms with Gasteiger partial charge in [-0.05, 0) is 42.0 Å². The molecule has 0 aromatic heterocycles. The van der Waals surface area contributed by atoms with E-state index in [0.717, 1.165) is 10.9 Å². The molecule has 16 heavy (non-hydrogen) atoms. The molecule has 1 aromatic rings. The molecule has 90 valence electrons. The fourth-order valence-corrected chi connectivity index (χ4v) is 2.78. The van der Waals surface area contributed by atoms with Gasteiger partial charge in [0.25, 0.3) is 0 Å². The highest BCUT2D eigenvalue weighted by Crippen LogP contribution is 2.32. The number of aryl methyl sites for hydroxylation is 1. The summed E-state index contributed by atoms with van der Waals surface area (Å²) in [6, 6.07) is 6.42. The Morgan fingerprint density at radius 1 is 1.19 bits per heavy atom. The predicted molar refractivity (Wildman–Crippen MR) is 73.3 cm³/mol. The quantitative estimate of drug-likeness (QED) is 0.628. The molecule has 0 aliphatic rings. The second-order valence-corrected chi connectivity index (χ2v) is 5.24. The molecule has 0 saturated carbocycles. The summed E-state index contributed by atoms with van der Waals surface area (Å²) in [5, 5.41) is 0.869. The van der Waals surface area contributed by atoms with Gasteiger partial charge in [-0.1, -0.05) is 57.7 Å². The Kier molecular flexibility index (Phi) is 5.34. The zero-order valence-electron chi connectivity index (χ0n) is 10.9. The first-order valence-corrected chi connectivity index (χ1v) is 6.73. The molecule has 1 rings (SSSR count). The summed E-state index contributed by atoms with van der Waals surface area (Å²) < 4.78 is 0. The second kappa shape index (κ2) is 6.30. The molecule has 0 N–H and O–H groups in total. The van der Waals surface area contributed by atoms with E-state index in [1.54, 1.807) is 0 Å². The lowest BCUT2D eigenvalue weighted by Crippen LogP contribution is -2.09. The molecular formula is C15H23Cl. The van der Waals surface area contributed by atoms with Crippen LogP contribution in [0.3, 0.4) is 0 Å². The molecular weight excluding hydrogens is 216 g/mol. The molecule has 2 unspecified atom stereocenters. The molecule has 0 aliphatic carbocycles. The average Bonchev–Trinajstić information content (AvgIpc) is 2.23. The topological polar surface area (TPSA) is 0 Å². The van der Waals surface area contributed by atoms with Crippen molar-refractivity contribution in [2.75, 3.05) is 0 Å². The van der Waals surface area contributed by atoms with Crippen molar-refractivity contribution < 1.29 is 0 Å². The molecule has 0 nitrogen and oxygen atoms in total. The van der Waals surface area contributed by atoms with Gasteiger partial charge in [0.15, 0.2) is 0 Å². The molecule has 0 bridgehead atoms. The van der Waals surface area contributed by atoms with E-state index in [1.807, 2.05) is 6.07 Å². The molecule has 0 spiro atoms. The van der Waals surface area contributed by atoms with Crippen LogP contribution in [0.4, 0.5) is 0 Å². The maximum absolute atomic E-state index is 6.12. The highest BCUT2D eigenvalue weighted by Gasteiger charge is 2.16. The van der Waals surface area contributed by atoms with Crippen LogP contribution in [0, 0.1) is 12.8 Å². The third kappa shape index (κ3) is 3.52. The Labute approximate surface area is 105 Å². The lowest BCUT2D eigenvalue weighted by atomic mass is 9.82. The van der Waals surface area contributed by atoms with Crippen molar-refractivity contribution in [1.82, 2.24) is 0 Å². The van der Waals surface area contributed by atoms with E-state index in [2.05, 4.69) is 39.8 Å². The van der Waals surface area contributed by atoms with Crippen LogP contribution in [0.25, 0.3) is 0 Å². The van der Waals surface area contributed by atoms with Crippen LogP contribution in [-0.4, -0.2) is 0 Å². The molecule has 1 aromatic carbocycles. The van der Waals surface area contributed by atoms with Gasteiger partial charge in [-0.15, -0.1) is 0 Å². The molecule has 0 saturated heterocycles. The smallest absolute Gasteiger partial charge is 0.0411 e. The lowest BCUT2D eigenvalue weighted by Gasteiger charge is -2.23. The van der Waals surface area contributed by atoms with E-state index < -0.39 is 0 Å². The number of rotatable bonds is 5. The van der Waals surface area contributed by atoms with Crippen LogP contribution in [0.2, 0.25) is 5.02 Å². The maximum Gasteiger partial charge on any atom is 0.0411 e. The van der Waals surface area contributed by atoms with Gasteiger partial charge in [-0.25, -0.2) is 0 Å². The van der Waals surface area contributed by atoms with E-state index in [0.29, 0.717) is 5.92 Å². The Morgan fingerprint density at radius 3 is 2.38 bits per heavy atom. The van der Waals surface area contributed by atoms with Gasteiger partial charge >= 0.3 is 0 Å². The van der Waals surface area contributed by atoms with E-state index in [9.17, 15) is 0 Å². The molecule has 0 heterocycles. The fourth-order valence-electron chi connectivity index (χ4n) is 2.48. The van der Waals surface area contributed by atoms with E-state index in [-0.39, 0.29) is 0 Å². The summed E-state index contributed by atoms with van der Waals surface area (Å²) in [7, 11) is 0. The zero-order valence-corrected chi connectivity index (χ0v) is 11.6. The summed E-state index contributed by atoms with van der Waals surface area (Å²) in [4.78, 5) is 0. The van der Waals surface area contributed by atoms with Crippen molar-refractivity contribution >= 4 is 11.6 Å². The number of benzene rings is 1. The van der Waals surface area contributed by atoms with Gasteiger partial charge in [0.1, 0.15) is 0 Å². The largest absolute Gasteiger partial charge is 0.0843 e. The Hall–Kier alpha value is -0.490. The Balaban J connectivity index is 2.89. The minimum absolute atomic E-state index is 0.613. The monoisotopic (exact) mass is 238 g/mol. The zero-order chi connectivity index (χ0) is 12.1. The summed E-state index contributed by atoms with van der Waals surface area (Å²) in [5.41, 5.74) is 2.66. The van der Waals surface area contributed by atoms with Crippen LogP contribution >= 0.6 is 11.6 Å². The minimum Gasteiger partial charge on any atom is -0.0843 e. The Morgan fingerprint density at radius 2 is 1.88 bits per heavy atom. The van der Waals surface area contributed by atoms with Gasteiger partial charge in [0.2, 0.25) is 0 Å². The first-order valence-electron chi connectivity index (χ1n) is 6.35. The van der Waals surface area contributed by atoms with Crippen LogP contribution in [-0.2, 0) is 0 Å². The van der Waals surface area contributed by atoms with E-state index >= 15 is 0 Å². The predicted octanol–water partition coefficient (Wildman–Crippen LogP) is 5.58. The van der Waals surface area contributed by atoms with Crippen molar-refractivity contribution in [2.24, 2.45) is 5.92 Å². The second-order valence-electron chi connectivity index (χ2n) is 4.81. The van der Waals surface area contributed by atoms with Crippen molar-refractivity contribution in [3.8, 4) is 0 Å². The van der Waals surface area contributed by atoms with E-state index in [4.69, 9.17) is 11.6 Å².